The third-order valence-electron chi connectivity index (χ3n) is 2.87. The summed E-state index contributed by atoms with van der Waals surface area (Å²) in [5.41, 5.74) is 6.94. The number of nitrogens with zero attached hydrogens (tertiary/aromatic N) is 3. The van der Waals surface area contributed by atoms with Crippen molar-refractivity contribution in [3.63, 3.8) is 0 Å². The Morgan fingerprint density at radius 3 is 2.73 bits per heavy atom. The molecule has 2 N–H and O–H groups in total. The smallest absolute Gasteiger partial charge is 0.141 e. The van der Waals surface area contributed by atoms with Gasteiger partial charge in [0.05, 0.1) is 18.1 Å². The molecule has 0 saturated carbocycles. The fourth-order valence-electron chi connectivity index (χ4n) is 2.03. The van der Waals surface area contributed by atoms with Crippen LogP contribution in [0.15, 0.2) is 12.4 Å². The molecular weight excluding hydrogens is 188 g/mol. The van der Waals surface area contributed by atoms with Crippen LogP contribution in [0, 0.1) is 5.41 Å². The largest absolute Gasteiger partial charge is 0.382 e. The summed E-state index contributed by atoms with van der Waals surface area (Å²) in [6, 6.07) is 0. The van der Waals surface area contributed by atoms with Crippen LogP contribution in [-0.4, -0.2) is 28.0 Å². The average molecular weight is 206 g/mol. The maximum atomic E-state index is 5.49. The monoisotopic (exact) mass is 206 g/mol. The number of nitrogen functional groups attached to an aromatic ring is 1. The minimum atomic E-state index is 0.446. The van der Waals surface area contributed by atoms with Crippen LogP contribution in [0.1, 0.15) is 26.0 Å². The topological polar surface area (TPSA) is 55.0 Å². The van der Waals surface area contributed by atoms with E-state index >= 15 is 0 Å². The molecule has 0 aromatic carbocycles. The summed E-state index contributed by atoms with van der Waals surface area (Å²) < 4.78 is 0. The summed E-state index contributed by atoms with van der Waals surface area (Å²) in [5.74, 6) is 0.487. The van der Waals surface area contributed by atoms with Crippen molar-refractivity contribution < 1.29 is 0 Å². The van der Waals surface area contributed by atoms with Crippen molar-refractivity contribution in [2.24, 2.45) is 5.41 Å². The number of anilines is 1. The number of hydrogen-bond donors (Lipinski definition) is 1. The van der Waals surface area contributed by atoms with Crippen molar-refractivity contribution in [3.05, 3.63) is 18.1 Å². The molecule has 1 aromatic heterocycles. The normalized spacial score (nSPS) is 20.7. The summed E-state index contributed by atoms with van der Waals surface area (Å²) in [6.45, 7) is 7.79. The van der Waals surface area contributed by atoms with E-state index in [1.165, 1.54) is 6.42 Å². The lowest BCUT2D eigenvalue weighted by molar-refractivity contribution is 0.281. The van der Waals surface area contributed by atoms with E-state index in [2.05, 4.69) is 28.7 Å². The van der Waals surface area contributed by atoms with Crippen molar-refractivity contribution in [3.8, 4) is 0 Å². The highest BCUT2D eigenvalue weighted by atomic mass is 15.2. The highest BCUT2D eigenvalue weighted by Gasteiger charge is 2.28. The Balaban J connectivity index is 1.96. The van der Waals surface area contributed by atoms with E-state index in [4.69, 9.17) is 5.73 Å². The fraction of sp³-hybridized carbons (Fsp3) is 0.636. The van der Waals surface area contributed by atoms with Gasteiger partial charge < -0.3 is 5.73 Å². The zero-order valence-corrected chi connectivity index (χ0v) is 9.40. The molecule has 0 radical (unpaired) electrons. The van der Waals surface area contributed by atoms with Gasteiger partial charge in [-0.3, -0.25) is 9.88 Å². The molecule has 1 aliphatic heterocycles. The van der Waals surface area contributed by atoms with Gasteiger partial charge in [0.25, 0.3) is 0 Å². The van der Waals surface area contributed by atoms with Crippen molar-refractivity contribution >= 4 is 5.82 Å². The maximum absolute atomic E-state index is 5.49. The lowest BCUT2D eigenvalue weighted by Crippen LogP contribution is -2.23. The van der Waals surface area contributed by atoms with Crippen molar-refractivity contribution in [1.29, 1.82) is 0 Å². The molecule has 82 valence electrons. The minimum absolute atomic E-state index is 0.446. The van der Waals surface area contributed by atoms with Crippen molar-refractivity contribution in [2.45, 2.75) is 26.8 Å². The predicted octanol–water partition coefficient (Wildman–Crippen LogP) is 1.29. The van der Waals surface area contributed by atoms with Gasteiger partial charge in [0, 0.05) is 13.1 Å². The molecule has 0 aliphatic carbocycles. The Bertz CT molecular complexity index is 331. The van der Waals surface area contributed by atoms with E-state index in [1.54, 1.807) is 12.4 Å². The number of nitrogens with two attached hydrogens (primary N) is 1. The molecule has 0 atom stereocenters. The van der Waals surface area contributed by atoms with Gasteiger partial charge in [-0.15, -0.1) is 0 Å². The molecule has 0 unspecified atom stereocenters. The highest BCUT2D eigenvalue weighted by Crippen LogP contribution is 2.29. The fourth-order valence-corrected chi connectivity index (χ4v) is 2.03. The molecule has 0 spiro atoms. The Labute approximate surface area is 90.5 Å². The Kier molecular flexibility index (Phi) is 2.61. The summed E-state index contributed by atoms with van der Waals surface area (Å²) in [6.07, 6.45) is 4.65. The van der Waals surface area contributed by atoms with E-state index < -0.39 is 0 Å². The Morgan fingerprint density at radius 1 is 1.40 bits per heavy atom. The third kappa shape index (κ3) is 2.65. The van der Waals surface area contributed by atoms with Gasteiger partial charge in [-0.25, -0.2) is 4.98 Å². The van der Waals surface area contributed by atoms with Crippen molar-refractivity contribution in [2.75, 3.05) is 18.8 Å². The van der Waals surface area contributed by atoms with Crippen LogP contribution < -0.4 is 5.73 Å². The summed E-state index contributed by atoms with van der Waals surface area (Å²) in [5, 5.41) is 0. The zero-order valence-electron chi connectivity index (χ0n) is 9.40. The summed E-state index contributed by atoms with van der Waals surface area (Å²) >= 11 is 0. The molecule has 1 fully saturated rings. The molecular formula is C11H18N4. The molecule has 1 aromatic rings. The first-order valence-electron chi connectivity index (χ1n) is 5.34. The van der Waals surface area contributed by atoms with E-state index in [0.29, 0.717) is 11.2 Å². The van der Waals surface area contributed by atoms with Crippen LogP contribution in [0.25, 0.3) is 0 Å². The van der Waals surface area contributed by atoms with Gasteiger partial charge in [-0.2, -0.15) is 0 Å². The Hall–Kier alpha value is -1.16. The molecule has 2 heterocycles. The quantitative estimate of drug-likeness (QED) is 0.792. The van der Waals surface area contributed by atoms with E-state index in [0.717, 1.165) is 25.3 Å². The van der Waals surface area contributed by atoms with Crippen LogP contribution in [0.2, 0.25) is 0 Å². The van der Waals surface area contributed by atoms with Crippen LogP contribution in [0.4, 0.5) is 5.82 Å². The number of hydrogen-bond acceptors (Lipinski definition) is 4. The average Bonchev–Trinajstić information content (AvgIpc) is 2.50. The number of aromatic nitrogens is 2. The van der Waals surface area contributed by atoms with Gasteiger partial charge in [0.1, 0.15) is 5.82 Å². The summed E-state index contributed by atoms with van der Waals surface area (Å²) in [7, 11) is 0. The molecule has 1 saturated heterocycles. The summed E-state index contributed by atoms with van der Waals surface area (Å²) in [4.78, 5) is 10.7. The first kappa shape index (κ1) is 10.4. The Morgan fingerprint density at radius 2 is 2.20 bits per heavy atom. The van der Waals surface area contributed by atoms with Gasteiger partial charge >= 0.3 is 0 Å². The van der Waals surface area contributed by atoms with Crippen LogP contribution in [0.3, 0.4) is 0 Å². The molecule has 4 heteroatoms. The standard InChI is InChI=1S/C11H18N4/c1-11(2)3-4-15(8-11)7-9-5-14-10(12)6-13-9/h5-6H,3-4,7-8H2,1-2H3,(H2,12,14). The minimum Gasteiger partial charge on any atom is -0.382 e. The lowest BCUT2D eigenvalue weighted by Gasteiger charge is -2.19. The van der Waals surface area contributed by atoms with E-state index in [-0.39, 0.29) is 0 Å². The van der Waals surface area contributed by atoms with Crippen molar-refractivity contribution in [1.82, 2.24) is 14.9 Å². The predicted molar refractivity (Wildman–Crippen MR) is 60.1 cm³/mol. The highest BCUT2D eigenvalue weighted by molar-refractivity contribution is 5.22. The molecule has 0 bridgehead atoms. The number of likely N-dealkylation sites (tertiary alicyclic amines) is 1. The van der Waals surface area contributed by atoms with E-state index in [9.17, 15) is 0 Å². The first-order valence-corrected chi connectivity index (χ1v) is 5.34. The second-order valence-corrected chi connectivity index (χ2v) is 5.06. The second-order valence-electron chi connectivity index (χ2n) is 5.06. The van der Waals surface area contributed by atoms with Gasteiger partial charge in [-0.1, -0.05) is 13.8 Å². The van der Waals surface area contributed by atoms with Gasteiger partial charge in [-0.05, 0) is 18.4 Å². The van der Waals surface area contributed by atoms with Gasteiger partial charge in [0.15, 0.2) is 0 Å². The van der Waals surface area contributed by atoms with E-state index in [1.807, 2.05) is 0 Å². The molecule has 1 aliphatic rings. The van der Waals surface area contributed by atoms with Crippen LogP contribution in [-0.2, 0) is 6.54 Å². The maximum Gasteiger partial charge on any atom is 0.141 e. The molecule has 4 nitrogen and oxygen atoms in total. The molecule has 15 heavy (non-hydrogen) atoms. The molecule has 2 rings (SSSR count). The van der Waals surface area contributed by atoms with Crippen LogP contribution in [0.5, 0.6) is 0 Å². The number of rotatable bonds is 2. The zero-order chi connectivity index (χ0) is 10.9. The second kappa shape index (κ2) is 3.77. The first-order chi connectivity index (χ1) is 7.05. The van der Waals surface area contributed by atoms with Crippen LogP contribution >= 0.6 is 0 Å². The van der Waals surface area contributed by atoms with Gasteiger partial charge in [0.2, 0.25) is 0 Å². The lowest BCUT2D eigenvalue weighted by atomic mass is 9.93. The SMILES string of the molecule is CC1(C)CCN(Cc2cnc(N)cn2)C1. The third-order valence-corrected chi connectivity index (χ3v) is 2.87. The molecule has 0 amide bonds.